The van der Waals surface area contributed by atoms with Crippen molar-refractivity contribution in [3.8, 4) is 0 Å². The highest BCUT2D eigenvalue weighted by atomic mass is 16.2. The van der Waals surface area contributed by atoms with Gasteiger partial charge in [-0.1, -0.05) is 30.3 Å². The Morgan fingerprint density at radius 3 is 2.72 bits per heavy atom. The summed E-state index contributed by atoms with van der Waals surface area (Å²) in [5, 5.41) is 5.69. The van der Waals surface area contributed by atoms with E-state index in [1.165, 1.54) is 5.56 Å². The predicted octanol–water partition coefficient (Wildman–Crippen LogP) is 2.73. The summed E-state index contributed by atoms with van der Waals surface area (Å²) in [6, 6.07) is 14.1. The predicted molar refractivity (Wildman–Crippen MR) is 98.4 cm³/mol. The van der Waals surface area contributed by atoms with E-state index in [1.54, 1.807) is 6.20 Å². The van der Waals surface area contributed by atoms with Gasteiger partial charge in [0.2, 0.25) is 0 Å². The second-order valence-corrected chi connectivity index (χ2v) is 6.25. The molecule has 2 amide bonds. The van der Waals surface area contributed by atoms with Crippen molar-refractivity contribution in [3.05, 3.63) is 60.0 Å². The van der Waals surface area contributed by atoms with Crippen LogP contribution in [0, 0.1) is 0 Å². The Morgan fingerprint density at radius 1 is 1.16 bits per heavy atom. The molecule has 6 nitrogen and oxygen atoms in total. The monoisotopic (exact) mass is 337 g/mol. The van der Waals surface area contributed by atoms with Gasteiger partial charge in [-0.05, 0) is 31.5 Å². The van der Waals surface area contributed by atoms with Crippen molar-refractivity contribution in [1.29, 1.82) is 0 Å². The lowest BCUT2D eigenvalue weighted by Gasteiger charge is -2.11. The second-order valence-electron chi connectivity index (χ2n) is 6.25. The van der Waals surface area contributed by atoms with Gasteiger partial charge in [0.05, 0.1) is 6.54 Å². The van der Waals surface area contributed by atoms with E-state index in [1.807, 2.05) is 44.2 Å². The van der Waals surface area contributed by atoms with Gasteiger partial charge in [0.15, 0.2) is 5.65 Å². The molecule has 6 heteroatoms. The van der Waals surface area contributed by atoms with Gasteiger partial charge in [0, 0.05) is 25.2 Å². The summed E-state index contributed by atoms with van der Waals surface area (Å²) in [5.41, 5.74) is 2.94. The van der Waals surface area contributed by atoms with Crippen LogP contribution in [0.5, 0.6) is 0 Å². The smallest absolute Gasteiger partial charge is 0.314 e. The molecule has 0 aliphatic rings. The Morgan fingerprint density at radius 2 is 1.96 bits per heavy atom. The number of benzene rings is 1. The SMILES string of the molecule is CC(C)NC(=O)NCCc1nc2cccnc2n1Cc1ccccc1. The van der Waals surface area contributed by atoms with Crippen LogP contribution in [-0.2, 0) is 13.0 Å². The van der Waals surface area contributed by atoms with Crippen LogP contribution in [0.1, 0.15) is 25.2 Å². The van der Waals surface area contributed by atoms with Gasteiger partial charge >= 0.3 is 6.03 Å². The van der Waals surface area contributed by atoms with Crippen molar-refractivity contribution in [2.24, 2.45) is 0 Å². The van der Waals surface area contributed by atoms with E-state index in [4.69, 9.17) is 4.98 Å². The molecule has 3 rings (SSSR count). The third kappa shape index (κ3) is 4.35. The molecule has 0 spiro atoms. The molecule has 0 radical (unpaired) electrons. The number of nitrogens with zero attached hydrogens (tertiary/aromatic N) is 3. The number of hydrogen-bond acceptors (Lipinski definition) is 3. The fraction of sp³-hybridized carbons (Fsp3) is 0.316. The molecule has 0 fully saturated rings. The molecule has 2 heterocycles. The number of carbonyl (C=O) groups excluding carboxylic acids is 1. The van der Waals surface area contributed by atoms with Gasteiger partial charge in [-0.25, -0.2) is 14.8 Å². The number of carbonyl (C=O) groups is 1. The third-order valence-corrected chi connectivity index (χ3v) is 3.82. The zero-order valence-corrected chi connectivity index (χ0v) is 14.6. The lowest BCUT2D eigenvalue weighted by atomic mass is 10.2. The minimum Gasteiger partial charge on any atom is -0.338 e. The standard InChI is InChI=1S/C19H23N5O/c1-14(2)22-19(25)21-12-10-17-23-16-9-6-11-20-18(16)24(17)13-15-7-4-3-5-8-15/h3-9,11,14H,10,12-13H2,1-2H3,(H2,21,22,25). The van der Waals surface area contributed by atoms with Crippen LogP contribution in [0.4, 0.5) is 4.79 Å². The van der Waals surface area contributed by atoms with E-state index in [-0.39, 0.29) is 12.1 Å². The molecule has 2 aromatic heterocycles. The van der Waals surface area contributed by atoms with Crippen molar-refractivity contribution in [2.75, 3.05) is 6.54 Å². The Kier molecular flexibility index (Phi) is 5.28. The fourth-order valence-electron chi connectivity index (χ4n) is 2.73. The quantitative estimate of drug-likeness (QED) is 0.726. The number of rotatable bonds is 6. The van der Waals surface area contributed by atoms with Crippen molar-refractivity contribution in [1.82, 2.24) is 25.2 Å². The summed E-state index contributed by atoms with van der Waals surface area (Å²) < 4.78 is 2.12. The highest BCUT2D eigenvalue weighted by molar-refractivity contribution is 5.74. The van der Waals surface area contributed by atoms with Crippen LogP contribution < -0.4 is 10.6 Å². The second kappa shape index (κ2) is 7.79. The van der Waals surface area contributed by atoms with Crippen LogP contribution in [0.2, 0.25) is 0 Å². The molecule has 1 aromatic carbocycles. The average molecular weight is 337 g/mol. The van der Waals surface area contributed by atoms with E-state index in [0.29, 0.717) is 19.5 Å². The summed E-state index contributed by atoms with van der Waals surface area (Å²) >= 11 is 0. The van der Waals surface area contributed by atoms with Gasteiger partial charge in [-0.3, -0.25) is 0 Å². The minimum atomic E-state index is -0.154. The maximum Gasteiger partial charge on any atom is 0.314 e. The number of urea groups is 1. The maximum absolute atomic E-state index is 11.7. The lowest BCUT2D eigenvalue weighted by Crippen LogP contribution is -2.40. The van der Waals surface area contributed by atoms with Crippen molar-refractivity contribution in [2.45, 2.75) is 32.9 Å². The fourth-order valence-corrected chi connectivity index (χ4v) is 2.73. The van der Waals surface area contributed by atoms with Crippen molar-refractivity contribution in [3.63, 3.8) is 0 Å². The highest BCUT2D eigenvalue weighted by Gasteiger charge is 2.12. The molecule has 25 heavy (non-hydrogen) atoms. The molecule has 0 atom stereocenters. The van der Waals surface area contributed by atoms with E-state index >= 15 is 0 Å². The lowest BCUT2D eigenvalue weighted by molar-refractivity contribution is 0.238. The van der Waals surface area contributed by atoms with Gasteiger partial charge in [-0.15, -0.1) is 0 Å². The van der Waals surface area contributed by atoms with Crippen LogP contribution in [-0.4, -0.2) is 33.2 Å². The molecular weight excluding hydrogens is 314 g/mol. The van der Waals surface area contributed by atoms with E-state index < -0.39 is 0 Å². The summed E-state index contributed by atoms with van der Waals surface area (Å²) in [4.78, 5) is 20.9. The normalized spacial score (nSPS) is 11.0. The molecular formula is C19H23N5O. The van der Waals surface area contributed by atoms with Crippen LogP contribution in [0.3, 0.4) is 0 Å². The molecule has 130 valence electrons. The third-order valence-electron chi connectivity index (χ3n) is 3.82. The number of pyridine rings is 1. The van der Waals surface area contributed by atoms with Crippen molar-refractivity contribution < 1.29 is 4.79 Å². The summed E-state index contributed by atoms with van der Waals surface area (Å²) in [5.74, 6) is 0.919. The highest BCUT2D eigenvalue weighted by Crippen LogP contribution is 2.16. The summed E-state index contributed by atoms with van der Waals surface area (Å²) in [6.45, 7) is 5.10. The van der Waals surface area contributed by atoms with Crippen LogP contribution >= 0.6 is 0 Å². The number of hydrogen-bond donors (Lipinski definition) is 2. The van der Waals surface area contributed by atoms with Gasteiger partial charge < -0.3 is 15.2 Å². The molecule has 3 aromatic rings. The van der Waals surface area contributed by atoms with Crippen molar-refractivity contribution >= 4 is 17.2 Å². The molecule has 2 N–H and O–H groups in total. The zero-order chi connectivity index (χ0) is 17.6. The summed E-state index contributed by atoms with van der Waals surface area (Å²) in [6.07, 6.45) is 2.43. The first-order chi connectivity index (χ1) is 12.1. The average Bonchev–Trinajstić information content (AvgIpc) is 2.93. The maximum atomic E-state index is 11.7. The first kappa shape index (κ1) is 17.0. The number of amides is 2. The van der Waals surface area contributed by atoms with E-state index in [0.717, 1.165) is 17.0 Å². The molecule has 0 unspecified atom stereocenters. The van der Waals surface area contributed by atoms with E-state index in [9.17, 15) is 4.79 Å². The minimum absolute atomic E-state index is 0.117. The van der Waals surface area contributed by atoms with E-state index in [2.05, 4.69) is 32.3 Å². The first-order valence-corrected chi connectivity index (χ1v) is 8.52. The molecule has 0 saturated heterocycles. The Hall–Kier alpha value is -2.89. The first-order valence-electron chi connectivity index (χ1n) is 8.52. The van der Waals surface area contributed by atoms with Gasteiger partial charge in [-0.2, -0.15) is 0 Å². The van der Waals surface area contributed by atoms with Crippen LogP contribution in [0.15, 0.2) is 48.7 Å². The number of aromatic nitrogens is 3. The van der Waals surface area contributed by atoms with Crippen LogP contribution in [0.25, 0.3) is 11.2 Å². The summed E-state index contributed by atoms with van der Waals surface area (Å²) in [7, 11) is 0. The number of nitrogens with one attached hydrogen (secondary N) is 2. The molecule has 0 aliphatic carbocycles. The number of imidazole rings is 1. The molecule has 0 aliphatic heterocycles. The van der Waals surface area contributed by atoms with Gasteiger partial charge in [0.25, 0.3) is 0 Å². The molecule has 0 saturated carbocycles. The Labute approximate surface area is 147 Å². The molecule has 0 bridgehead atoms. The number of fused-ring (bicyclic) bond motifs is 1. The Balaban J connectivity index is 1.77. The Bertz CT molecular complexity index is 841. The largest absolute Gasteiger partial charge is 0.338 e. The van der Waals surface area contributed by atoms with Gasteiger partial charge in [0.1, 0.15) is 11.3 Å². The topological polar surface area (TPSA) is 71.8 Å². The zero-order valence-electron chi connectivity index (χ0n) is 14.6.